The van der Waals surface area contributed by atoms with Crippen molar-refractivity contribution in [2.45, 2.75) is 37.8 Å². The quantitative estimate of drug-likeness (QED) is 0.653. The smallest absolute Gasteiger partial charge is 0.212 e. The fourth-order valence-corrected chi connectivity index (χ4v) is 3.36. The third-order valence-electron chi connectivity index (χ3n) is 2.60. The number of sulfonamides is 1. The minimum atomic E-state index is -3.19. The van der Waals surface area contributed by atoms with E-state index in [0.29, 0.717) is 13.1 Å². The van der Waals surface area contributed by atoms with Gasteiger partial charge in [0.15, 0.2) is 0 Å². The maximum Gasteiger partial charge on any atom is 0.219 e. The van der Waals surface area contributed by atoms with Gasteiger partial charge in [-0.05, 0) is 26.7 Å². The molecule has 1 aliphatic rings. The van der Waals surface area contributed by atoms with Gasteiger partial charge in [-0.2, -0.15) is 4.31 Å². The number of hydrogen-bond acceptors (Lipinski definition) is 2. The Balaban J connectivity index is 2.88. The second-order valence-corrected chi connectivity index (χ2v) is 8.18. The summed E-state index contributed by atoms with van der Waals surface area (Å²) in [6.45, 7) is 8.13. The van der Waals surface area contributed by atoms with Crippen LogP contribution in [0.1, 0.15) is 27.7 Å². The molecule has 0 saturated carbocycles. The predicted octanol–water partition coefficient (Wildman–Crippen LogP) is 1.67. The Labute approximate surface area is 91.5 Å². The van der Waals surface area contributed by atoms with E-state index < -0.39 is 14.8 Å². The van der Waals surface area contributed by atoms with Crippen LogP contribution in [0.2, 0.25) is 0 Å². The van der Waals surface area contributed by atoms with Crippen molar-refractivity contribution in [3.8, 4) is 0 Å². The van der Waals surface area contributed by atoms with Crippen molar-refractivity contribution in [2.24, 2.45) is 5.92 Å². The first kappa shape index (κ1) is 12.3. The van der Waals surface area contributed by atoms with Crippen LogP contribution in [0.15, 0.2) is 0 Å². The zero-order chi connectivity index (χ0) is 11.1. The summed E-state index contributed by atoms with van der Waals surface area (Å²) < 4.78 is 24.8. The van der Waals surface area contributed by atoms with Gasteiger partial charge < -0.3 is 0 Å². The lowest BCUT2D eigenvalue weighted by atomic mass is 10.2. The molecular formula is C9H18ClNO2S. The van der Waals surface area contributed by atoms with Crippen molar-refractivity contribution in [3.63, 3.8) is 0 Å². The lowest BCUT2D eigenvalue weighted by molar-refractivity contribution is 0.440. The molecule has 1 aliphatic heterocycles. The molecule has 0 radical (unpaired) electrons. The van der Waals surface area contributed by atoms with E-state index in [2.05, 4.69) is 0 Å². The molecule has 0 bridgehead atoms. The van der Waals surface area contributed by atoms with Crippen molar-refractivity contribution in [3.05, 3.63) is 0 Å². The number of nitrogens with zero attached hydrogens (tertiary/aromatic N) is 1. The van der Waals surface area contributed by atoms with Crippen LogP contribution >= 0.6 is 11.6 Å². The predicted molar refractivity (Wildman–Crippen MR) is 59.1 cm³/mol. The highest BCUT2D eigenvalue weighted by molar-refractivity contribution is 7.90. The largest absolute Gasteiger partial charge is 0.219 e. The van der Waals surface area contributed by atoms with Crippen molar-refractivity contribution in [2.75, 3.05) is 13.1 Å². The lowest BCUT2D eigenvalue weighted by Gasteiger charge is -2.26. The van der Waals surface area contributed by atoms with Crippen LogP contribution in [0.25, 0.3) is 0 Å². The minimum Gasteiger partial charge on any atom is -0.212 e. The van der Waals surface area contributed by atoms with E-state index in [1.807, 2.05) is 6.92 Å². The molecule has 1 fully saturated rings. The molecule has 1 heterocycles. The highest BCUT2D eigenvalue weighted by Gasteiger charge is 2.41. The molecule has 1 saturated heterocycles. The zero-order valence-corrected chi connectivity index (χ0v) is 10.7. The fraction of sp³-hybridized carbons (Fsp3) is 1.00. The molecule has 1 rings (SSSR count). The van der Waals surface area contributed by atoms with E-state index in [1.54, 1.807) is 20.8 Å². The van der Waals surface area contributed by atoms with E-state index >= 15 is 0 Å². The number of hydrogen-bond donors (Lipinski definition) is 0. The van der Waals surface area contributed by atoms with E-state index in [9.17, 15) is 8.42 Å². The number of rotatable bonds is 1. The average molecular weight is 240 g/mol. The summed E-state index contributed by atoms with van der Waals surface area (Å²) in [7, 11) is -3.19. The summed E-state index contributed by atoms with van der Waals surface area (Å²) in [5.74, 6) is 0.244. The fourth-order valence-electron chi connectivity index (χ4n) is 1.47. The van der Waals surface area contributed by atoms with Gasteiger partial charge in [0.1, 0.15) is 0 Å². The van der Waals surface area contributed by atoms with Gasteiger partial charge in [-0.25, -0.2) is 8.42 Å². The van der Waals surface area contributed by atoms with Crippen LogP contribution in [0.3, 0.4) is 0 Å². The third kappa shape index (κ3) is 2.07. The zero-order valence-electron chi connectivity index (χ0n) is 9.12. The SMILES string of the molecule is CC1CN(S(=O)(=O)C(C)(C)C)CC1Cl. The molecule has 0 aromatic heterocycles. The molecule has 0 N–H and O–H groups in total. The number of halogens is 1. The van der Waals surface area contributed by atoms with Gasteiger partial charge in [0.25, 0.3) is 0 Å². The Kier molecular flexibility index (Phi) is 3.20. The van der Waals surface area contributed by atoms with Crippen LogP contribution in [0.5, 0.6) is 0 Å². The summed E-state index contributed by atoms with van der Waals surface area (Å²) in [5, 5.41) is -0.0490. The minimum absolute atomic E-state index is 0.0490. The van der Waals surface area contributed by atoms with Gasteiger partial charge in [-0.1, -0.05) is 6.92 Å². The van der Waals surface area contributed by atoms with E-state index in [0.717, 1.165) is 0 Å². The highest BCUT2D eigenvalue weighted by atomic mass is 35.5. The first-order valence-electron chi connectivity index (χ1n) is 4.80. The van der Waals surface area contributed by atoms with Crippen molar-refractivity contribution < 1.29 is 8.42 Å². The molecule has 2 atom stereocenters. The second kappa shape index (κ2) is 3.65. The van der Waals surface area contributed by atoms with Crippen LogP contribution < -0.4 is 0 Å². The summed E-state index contributed by atoms with van der Waals surface area (Å²) in [6.07, 6.45) is 0. The Morgan fingerprint density at radius 3 is 2.07 bits per heavy atom. The van der Waals surface area contributed by atoms with Crippen LogP contribution in [0, 0.1) is 5.92 Å². The van der Waals surface area contributed by atoms with Crippen LogP contribution in [-0.4, -0.2) is 35.9 Å². The Bertz CT molecular complexity index is 297. The molecule has 5 heteroatoms. The molecule has 3 nitrogen and oxygen atoms in total. The van der Waals surface area contributed by atoms with E-state index in [4.69, 9.17) is 11.6 Å². The molecule has 0 aromatic carbocycles. The normalized spacial score (nSPS) is 30.9. The van der Waals surface area contributed by atoms with Crippen LogP contribution in [-0.2, 0) is 10.0 Å². The monoisotopic (exact) mass is 239 g/mol. The van der Waals surface area contributed by atoms with Gasteiger partial charge in [0.2, 0.25) is 10.0 Å². The van der Waals surface area contributed by atoms with Crippen molar-refractivity contribution in [1.82, 2.24) is 4.31 Å². The Morgan fingerprint density at radius 2 is 1.79 bits per heavy atom. The number of alkyl halides is 1. The Morgan fingerprint density at radius 1 is 1.29 bits per heavy atom. The first-order chi connectivity index (χ1) is 6.16. The summed E-state index contributed by atoms with van der Waals surface area (Å²) in [6, 6.07) is 0. The molecule has 0 spiro atoms. The van der Waals surface area contributed by atoms with E-state index in [1.165, 1.54) is 4.31 Å². The molecule has 14 heavy (non-hydrogen) atoms. The van der Waals surface area contributed by atoms with Crippen LogP contribution in [0.4, 0.5) is 0 Å². The highest BCUT2D eigenvalue weighted by Crippen LogP contribution is 2.29. The molecular weight excluding hydrogens is 222 g/mol. The van der Waals surface area contributed by atoms with Crippen molar-refractivity contribution in [1.29, 1.82) is 0 Å². The standard InChI is InChI=1S/C9H18ClNO2S/c1-7-5-11(6-8(7)10)14(12,13)9(2,3)4/h7-8H,5-6H2,1-4H3. The first-order valence-corrected chi connectivity index (χ1v) is 6.67. The lowest BCUT2D eigenvalue weighted by Crippen LogP contribution is -2.41. The summed E-state index contributed by atoms with van der Waals surface area (Å²) in [5.41, 5.74) is 0. The molecule has 0 aliphatic carbocycles. The van der Waals surface area contributed by atoms with Gasteiger partial charge >= 0.3 is 0 Å². The summed E-state index contributed by atoms with van der Waals surface area (Å²) >= 11 is 6.01. The molecule has 84 valence electrons. The average Bonchev–Trinajstić information content (AvgIpc) is 2.30. The maximum atomic E-state index is 12.0. The third-order valence-corrected chi connectivity index (χ3v) is 5.69. The van der Waals surface area contributed by atoms with Gasteiger partial charge in [0.05, 0.1) is 10.1 Å². The maximum absolute atomic E-state index is 12.0. The topological polar surface area (TPSA) is 37.4 Å². The van der Waals surface area contributed by atoms with E-state index in [-0.39, 0.29) is 11.3 Å². The van der Waals surface area contributed by atoms with Gasteiger partial charge in [0, 0.05) is 13.1 Å². The second-order valence-electron chi connectivity index (χ2n) is 4.93. The van der Waals surface area contributed by atoms with Crippen molar-refractivity contribution >= 4 is 21.6 Å². The molecule has 2 unspecified atom stereocenters. The molecule has 0 aromatic rings. The Hall–Kier alpha value is 0.200. The van der Waals surface area contributed by atoms with Gasteiger partial charge in [-0.3, -0.25) is 0 Å². The molecule has 0 amide bonds. The summed E-state index contributed by atoms with van der Waals surface area (Å²) in [4.78, 5) is 0. The van der Waals surface area contributed by atoms with Gasteiger partial charge in [-0.15, -0.1) is 11.6 Å².